The Balaban J connectivity index is 2.02. The van der Waals surface area contributed by atoms with Crippen molar-refractivity contribution in [3.8, 4) is 17.5 Å². The zero-order valence-corrected chi connectivity index (χ0v) is 12.5. The molecule has 0 saturated carbocycles. The van der Waals surface area contributed by atoms with Crippen LogP contribution < -0.4 is 10.3 Å². The Morgan fingerprint density at radius 2 is 1.73 bits per heavy atom. The summed E-state index contributed by atoms with van der Waals surface area (Å²) in [5, 5.41) is 3.15. The molecule has 0 spiro atoms. The molecule has 1 aromatic heterocycles. The number of halogens is 1. The molecule has 0 aliphatic heterocycles. The molecule has 0 radical (unpaired) electrons. The van der Waals surface area contributed by atoms with E-state index in [1.54, 1.807) is 24.3 Å². The van der Waals surface area contributed by atoms with Gasteiger partial charge in [-0.1, -0.05) is 35.2 Å². The van der Waals surface area contributed by atoms with Crippen molar-refractivity contribution in [2.75, 3.05) is 0 Å². The average molecular weight is 312 g/mol. The Morgan fingerprint density at radius 3 is 2.41 bits per heavy atom. The highest BCUT2D eigenvalue weighted by Crippen LogP contribution is 2.09. The maximum absolute atomic E-state index is 11.8. The van der Waals surface area contributed by atoms with Crippen LogP contribution in [-0.4, -0.2) is 5.27 Å². The van der Waals surface area contributed by atoms with Crippen LogP contribution in [0.15, 0.2) is 57.8 Å². The van der Waals surface area contributed by atoms with E-state index in [1.807, 2.05) is 31.2 Å². The van der Waals surface area contributed by atoms with E-state index in [0.29, 0.717) is 10.7 Å². The number of nitrogens with one attached hydrogen (secondary N) is 1. The standard InChI is InChI=1S/C17H11ClN2O2/c1-12-2-4-13(5-3-12)6-11-16-17(21)22-19-20(16)15-9-7-14(18)8-10-15/h2-5,7-10H,1H3/p+1. The number of hydrogen-bond acceptors (Lipinski definition) is 2. The van der Waals surface area contributed by atoms with E-state index in [-0.39, 0.29) is 5.69 Å². The van der Waals surface area contributed by atoms with Gasteiger partial charge in [-0.05, 0) is 41.1 Å². The molecule has 3 rings (SSSR count). The van der Waals surface area contributed by atoms with Crippen LogP contribution in [0.5, 0.6) is 0 Å². The lowest BCUT2D eigenvalue weighted by atomic mass is 10.1. The third-order valence-electron chi connectivity index (χ3n) is 3.11. The van der Waals surface area contributed by atoms with Crippen LogP contribution in [0.4, 0.5) is 0 Å². The third-order valence-corrected chi connectivity index (χ3v) is 3.36. The lowest BCUT2D eigenvalue weighted by Crippen LogP contribution is -2.37. The van der Waals surface area contributed by atoms with Gasteiger partial charge in [0.1, 0.15) is 0 Å². The van der Waals surface area contributed by atoms with Gasteiger partial charge in [0.15, 0.2) is 0 Å². The van der Waals surface area contributed by atoms with Crippen LogP contribution in [0.25, 0.3) is 5.69 Å². The van der Waals surface area contributed by atoms with Gasteiger partial charge < -0.3 is 0 Å². The summed E-state index contributed by atoms with van der Waals surface area (Å²) < 4.78 is 6.32. The molecule has 2 aromatic carbocycles. The topological polar surface area (TPSA) is 49.9 Å². The maximum atomic E-state index is 11.8. The molecule has 108 valence electrons. The minimum absolute atomic E-state index is 0.225. The van der Waals surface area contributed by atoms with Gasteiger partial charge in [-0.3, -0.25) is 4.52 Å². The quantitative estimate of drug-likeness (QED) is 0.555. The summed E-state index contributed by atoms with van der Waals surface area (Å²) in [4.78, 5) is 11.8. The van der Waals surface area contributed by atoms with Gasteiger partial charge in [0.05, 0.1) is 0 Å². The lowest BCUT2D eigenvalue weighted by molar-refractivity contribution is -0.672. The summed E-state index contributed by atoms with van der Waals surface area (Å²) in [6, 6.07) is 14.7. The third kappa shape index (κ3) is 2.95. The molecule has 0 unspecified atom stereocenters. The Bertz CT molecular complexity index is 910. The van der Waals surface area contributed by atoms with E-state index < -0.39 is 5.63 Å². The van der Waals surface area contributed by atoms with Crippen LogP contribution in [0.2, 0.25) is 5.02 Å². The van der Waals surface area contributed by atoms with Gasteiger partial charge in [-0.2, -0.15) is 0 Å². The number of aromatic nitrogens is 2. The van der Waals surface area contributed by atoms with Crippen molar-refractivity contribution in [3.63, 3.8) is 0 Å². The molecule has 4 nitrogen and oxygen atoms in total. The molecule has 0 bridgehead atoms. The van der Waals surface area contributed by atoms with E-state index in [1.165, 1.54) is 4.68 Å². The second-order valence-electron chi connectivity index (χ2n) is 4.76. The van der Waals surface area contributed by atoms with E-state index >= 15 is 0 Å². The molecule has 0 amide bonds. The van der Waals surface area contributed by atoms with E-state index in [9.17, 15) is 4.79 Å². The molecular formula is C17H12ClN2O2+. The van der Waals surface area contributed by atoms with Gasteiger partial charge in [-0.25, -0.2) is 4.79 Å². The number of rotatable bonds is 1. The smallest absolute Gasteiger partial charge is 0.281 e. The van der Waals surface area contributed by atoms with Gasteiger partial charge >= 0.3 is 11.3 Å². The van der Waals surface area contributed by atoms with Gasteiger partial charge in [-0.15, -0.1) is 0 Å². The van der Waals surface area contributed by atoms with Crippen LogP contribution in [-0.2, 0) is 0 Å². The van der Waals surface area contributed by atoms with Crippen LogP contribution in [0, 0.1) is 18.8 Å². The monoisotopic (exact) mass is 311 g/mol. The van der Waals surface area contributed by atoms with E-state index in [2.05, 4.69) is 17.1 Å². The molecular weight excluding hydrogens is 300 g/mol. The first kappa shape index (κ1) is 14.2. The molecule has 0 saturated heterocycles. The Kier molecular flexibility index (Phi) is 3.82. The van der Waals surface area contributed by atoms with E-state index in [0.717, 1.165) is 11.1 Å². The Hall–Kier alpha value is -2.77. The minimum Gasteiger partial charge on any atom is -0.281 e. The molecule has 3 aromatic rings. The molecule has 0 atom stereocenters. The number of nitrogens with zero attached hydrogens (tertiary/aromatic N) is 1. The normalized spacial score (nSPS) is 10.1. The zero-order valence-electron chi connectivity index (χ0n) is 11.8. The molecule has 5 heteroatoms. The lowest BCUT2D eigenvalue weighted by Gasteiger charge is -1.91. The molecule has 22 heavy (non-hydrogen) atoms. The summed E-state index contributed by atoms with van der Waals surface area (Å²) >= 11 is 5.87. The number of aromatic amines is 1. The predicted octanol–water partition coefficient (Wildman–Crippen LogP) is 2.61. The summed E-state index contributed by atoms with van der Waals surface area (Å²) in [6.07, 6.45) is 0. The highest BCUT2D eigenvalue weighted by atomic mass is 35.5. The fourth-order valence-electron chi connectivity index (χ4n) is 1.92. The number of aryl methyl sites for hydroxylation is 1. The second-order valence-corrected chi connectivity index (χ2v) is 5.19. The van der Waals surface area contributed by atoms with Crippen molar-refractivity contribution in [1.82, 2.24) is 5.27 Å². The predicted molar refractivity (Wildman–Crippen MR) is 83.0 cm³/mol. The summed E-state index contributed by atoms with van der Waals surface area (Å²) in [5.74, 6) is 5.81. The molecule has 0 fully saturated rings. The molecule has 0 aliphatic rings. The van der Waals surface area contributed by atoms with Crippen LogP contribution in [0.3, 0.4) is 0 Å². The Morgan fingerprint density at radius 1 is 1.05 bits per heavy atom. The molecule has 1 N–H and O–H groups in total. The first-order chi connectivity index (χ1) is 10.6. The summed E-state index contributed by atoms with van der Waals surface area (Å²) in [7, 11) is 0. The fourth-order valence-corrected chi connectivity index (χ4v) is 2.05. The largest absolute Gasteiger partial charge is 0.444 e. The second kappa shape index (κ2) is 5.92. The summed E-state index contributed by atoms with van der Waals surface area (Å²) in [5.41, 5.74) is 2.40. The van der Waals surface area contributed by atoms with Crippen molar-refractivity contribution in [3.05, 3.63) is 80.8 Å². The van der Waals surface area contributed by atoms with Crippen molar-refractivity contribution in [1.29, 1.82) is 0 Å². The summed E-state index contributed by atoms with van der Waals surface area (Å²) in [6.45, 7) is 2.01. The number of benzene rings is 2. The fraction of sp³-hybridized carbons (Fsp3) is 0.0588. The average Bonchev–Trinajstić information content (AvgIpc) is 2.89. The van der Waals surface area contributed by atoms with Crippen molar-refractivity contribution < 1.29 is 9.20 Å². The van der Waals surface area contributed by atoms with Crippen LogP contribution in [0.1, 0.15) is 16.8 Å². The highest BCUT2D eigenvalue weighted by Gasteiger charge is 2.21. The zero-order chi connectivity index (χ0) is 15.5. The first-order valence-electron chi connectivity index (χ1n) is 6.61. The van der Waals surface area contributed by atoms with E-state index in [4.69, 9.17) is 16.1 Å². The highest BCUT2D eigenvalue weighted by molar-refractivity contribution is 6.30. The SMILES string of the molecule is Cc1ccc(C#Cc2c(=O)o[nH][n+]2-c2ccc(Cl)cc2)cc1. The van der Waals surface area contributed by atoms with Gasteiger partial charge in [0.25, 0.3) is 0 Å². The molecule has 0 aliphatic carbocycles. The Labute approximate surface area is 131 Å². The van der Waals surface area contributed by atoms with Gasteiger partial charge in [0.2, 0.25) is 5.69 Å². The van der Waals surface area contributed by atoms with Crippen LogP contribution >= 0.6 is 11.6 Å². The minimum atomic E-state index is -0.519. The molecule has 1 heterocycles. The first-order valence-corrected chi connectivity index (χ1v) is 6.99. The number of hydrogen-bond donors (Lipinski definition) is 1. The van der Waals surface area contributed by atoms with Gasteiger partial charge in [0, 0.05) is 28.6 Å². The number of H-pyrrole nitrogens is 1. The van der Waals surface area contributed by atoms with Crippen molar-refractivity contribution >= 4 is 11.6 Å². The van der Waals surface area contributed by atoms with Crippen molar-refractivity contribution in [2.45, 2.75) is 6.92 Å². The van der Waals surface area contributed by atoms with Crippen molar-refractivity contribution in [2.24, 2.45) is 0 Å². The maximum Gasteiger partial charge on any atom is 0.444 e.